The number of aryl methyl sites for hydroxylation is 2. The van der Waals surface area contributed by atoms with Crippen molar-refractivity contribution in [3.05, 3.63) is 70.5 Å². The minimum absolute atomic E-state index is 0.110. The summed E-state index contributed by atoms with van der Waals surface area (Å²) in [6, 6.07) is 11.8. The fraction of sp³-hybridized carbons (Fsp3) is 0.263. The van der Waals surface area contributed by atoms with Gasteiger partial charge in [-0.2, -0.15) is 0 Å². The first-order chi connectivity index (χ1) is 11.5. The quantitative estimate of drug-likeness (QED) is 0.650. The summed E-state index contributed by atoms with van der Waals surface area (Å²) in [5.74, 6) is -0.565. The molecule has 24 heavy (non-hydrogen) atoms. The molecule has 0 spiro atoms. The maximum Gasteiger partial charge on any atom is 0.261 e. The maximum absolute atomic E-state index is 12.8. The third-order valence-corrected chi connectivity index (χ3v) is 3.75. The molecule has 4 nitrogen and oxygen atoms in total. The van der Waals surface area contributed by atoms with Crippen LogP contribution in [0.5, 0.6) is 0 Å². The summed E-state index contributed by atoms with van der Waals surface area (Å²) >= 11 is 0. The lowest BCUT2D eigenvalue weighted by atomic mass is 10.0. The first-order valence-corrected chi connectivity index (χ1v) is 7.73. The second-order valence-corrected chi connectivity index (χ2v) is 5.69. The molecule has 126 valence electrons. The molecule has 1 N–H and O–H groups in total. The number of oxime groups is 1. The molecule has 0 bridgehead atoms. The molecule has 1 atom stereocenters. The summed E-state index contributed by atoms with van der Waals surface area (Å²) in [5, 5.41) is 6.57. The van der Waals surface area contributed by atoms with Crippen molar-refractivity contribution >= 4 is 12.1 Å². The number of nitrogens with zero attached hydrogens (tertiary/aromatic N) is 1. The van der Waals surface area contributed by atoms with Crippen molar-refractivity contribution in [1.29, 1.82) is 0 Å². The molecule has 0 aliphatic heterocycles. The van der Waals surface area contributed by atoms with Crippen molar-refractivity contribution in [1.82, 2.24) is 5.32 Å². The summed E-state index contributed by atoms with van der Waals surface area (Å²) in [6.45, 7) is 5.84. The first-order valence-electron chi connectivity index (χ1n) is 7.73. The Morgan fingerprint density at radius 3 is 2.58 bits per heavy atom. The fourth-order valence-electron chi connectivity index (χ4n) is 2.14. The van der Waals surface area contributed by atoms with Gasteiger partial charge in [0, 0.05) is 0 Å². The number of nitrogens with one attached hydrogen (secondary N) is 1. The Balaban J connectivity index is 1.80. The van der Waals surface area contributed by atoms with Crippen LogP contribution < -0.4 is 5.32 Å². The second kappa shape index (κ2) is 8.24. The van der Waals surface area contributed by atoms with Gasteiger partial charge in [0.1, 0.15) is 5.82 Å². The summed E-state index contributed by atoms with van der Waals surface area (Å²) in [5.41, 5.74) is 4.14. The van der Waals surface area contributed by atoms with Gasteiger partial charge in [0.25, 0.3) is 5.91 Å². The molecule has 5 heteroatoms. The Bertz CT molecular complexity index is 727. The number of rotatable bonds is 6. The molecule has 0 radical (unpaired) electrons. The number of amides is 1. The molecule has 0 aromatic heterocycles. The lowest BCUT2D eigenvalue weighted by Gasteiger charge is -2.15. The highest BCUT2D eigenvalue weighted by Crippen LogP contribution is 2.16. The second-order valence-electron chi connectivity index (χ2n) is 5.69. The van der Waals surface area contributed by atoms with Gasteiger partial charge in [-0.1, -0.05) is 35.5 Å². The van der Waals surface area contributed by atoms with E-state index in [0.29, 0.717) is 5.56 Å². The van der Waals surface area contributed by atoms with E-state index in [-0.39, 0.29) is 24.4 Å². The molecule has 1 amide bonds. The maximum atomic E-state index is 12.8. The van der Waals surface area contributed by atoms with E-state index in [1.807, 2.05) is 26.0 Å². The van der Waals surface area contributed by atoms with Crippen LogP contribution in [0, 0.1) is 19.7 Å². The molecule has 0 aliphatic rings. The number of halogens is 1. The Morgan fingerprint density at radius 2 is 1.92 bits per heavy atom. The average molecular weight is 328 g/mol. The van der Waals surface area contributed by atoms with Crippen LogP contribution >= 0.6 is 0 Å². The summed E-state index contributed by atoms with van der Waals surface area (Å²) in [6.07, 6.45) is 1.43. The van der Waals surface area contributed by atoms with Gasteiger partial charge in [0.2, 0.25) is 0 Å². The van der Waals surface area contributed by atoms with Crippen LogP contribution in [0.25, 0.3) is 0 Å². The molecular weight excluding hydrogens is 307 g/mol. The normalized spacial score (nSPS) is 12.2. The molecule has 2 rings (SSSR count). The zero-order valence-electron chi connectivity index (χ0n) is 14.0. The van der Waals surface area contributed by atoms with Crippen molar-refractivity contribution in [2.45, 2.75) is 26.8 Å². The van der Waals surface area contributed by atoms with Crippen LogP contribution in [0.4, 0.5) is 4.39 Å². The first kappa shape index (κ1) is 17.7. The molecule has 2 aromatic carbocycles. The number of benzene rings is 2. The smallest absolute Gasteiger partial charge is 0.261 e. The summed E-state index contributed by atoms with van der Waals surface area (Å²) in [7, 11) is 0. The topological polar surface area (TPSA) is 50.7 Å². The van der Waals surface area contributed by atoms with Crippen LogP contribution in [0.3, 0.4) is 0 Å². The van der Waals surface area contributed by atoms with Gasteiger partial charge in [-0.25, -0.2) is 4.39 Å². The van der Waals surface area contributed by atoms with E-state index in [9.17, 15) is 9.18 Å². The highest BCUT2D eigenvalue weighted by atomic mass is 19.1. The average Bonchev–Trinajstić information content (AvgIpc) is 2.55. The van der Waals surface area contributed by atoms with Gasteiger partial charge in [0.15, 0.2) is 6.61 Å². The standard InChI is InChI=1S/C19H21FN2O2/c1-13-4-7-17(10-14(13)2)15(3)22-19(23)12-24-21-11-16-5-8-18(20)9-6-16/h4-11,15H,12H2,1-3H3,(H,22,23)/b21-11+. The van der Waals surface area contributed by atoms with Gasteiger partial charge < -0.3 is 10.2 Å². The lowest BCUT2D eigenvalue weighted by molar-refractivity contribution is -0.126. The molecular formula is C19H21FN2O2. The van der Waals surface area contributed by atoms with Crippen LogP contribution in [0.15, 0.2) is 47.6 Å². The van der Waals surface area contributed by atoms with Crippen LogP contribution in [-0.2, 0) is 9.63 Å². The van der Waals surface area contributed by atoms with Crippen molar-refractivity contribution in [2.75, 3.05) is 6.61 Å². The predicted molar refractivity (Wildman–Crippen MR) is 92.4 cm³/mol. The SMILES string of the molecule is Cc1ccc(C(C)NC(=O)CO/N=C/c2ccc(F)cc2)cc1C. The monoisotopic (exact) mass is 328 g/mol. The van der Waals surface area contributed by atoms with Gasteiger partial charge in [-0.05, 0) is 55.2 Å². The molecule has 0 aliphatic carbocycles. The highest BCUT2D eigenvalue weighted by molar-refractivity contribution is 5.79. The van der Waals surface area contributed by atoms with E-state index in [1.54, 1.807) is 12.1 Å². The Kier molecular flexibility index (Phi) is 6.07. The minimum atomic E-state index is -0.312. The third-order valence-electron chi connectivity index (χ3n) is 3.75. The molecule has 0 heterocycles. The van der Waals surface area contributed by atoms with Crippen molar-refractivity contribution in [3.8, 4) is 0 Å². The summed E-state index contributed by atoms with van der Waals surface area (Å²) < 4.78 is 12.8. The molecule has 0 fully saturated rings. The van der Waals surface area contributed by atoms with Crippen LogP contribution in [0.2, 0.25) is 0 Å². The number of hydrogen-bond donors (Lipinski definition) is 1. The number of carbonyl (C=O) groups is 1. The van der Waals surface area contributed by atoms with E-state index in [1.165, 1.54) is 29.5 Å². The van der Waals surface area contributed by atoms with Gasteiger partial charge >= 0.3 is 0 Å². The van der Waals surface area contributed by atoms with Crippen molar-refractivity contribution in [3.63, 3.8) is 0 Å². The van der Waals surface area contributed by atoms with E-state index in [0.717, 1.165) is 5.56 Å². The van der Waals surface area contributed by atoms with Gasteiger partial charge in [-0.3, -0.25) is 4.79 Å². The van der Waals surface area contributed by atoms with E-state index in [4.69, 9.17) is 4.84 Å². The lowest BCUT2D eigenvalue weighted by Crippen LogP contribution is -2.29. The van der Waals surface area contributed by atoms with Gasteiger partial charge in [-0.15, -0.1) is 0 Å². The molecule has 1 unspecified atom stereocenters. The molecule has 0 saturated carbocycles. The predicted octanol–water partition coefficient (Wildman–Crippen LogP) is 3.67. The Morgan fingerprint density at radius 1 is 1.21 bits per heavy atom. The number of hydrogen-bond acceptors (Lipinski definition) is 3. The molecule has 2 aromatic rings. The number of carbonyl (C=O) groups excluding carboxylic acids is 1. The zero-order chi connectivity index (χ0) is 17.5. The van der Waals surface area contributed by atoms with E-state index >= 15 is 0 Å². The molecule has 0 saturated heterocycles. The van der Waals surface area contributed by atoms with E-state index in [2.05, 4.69) is 23.5 Å². The van der Waals surface area contributed by atoms with Crippen molar-refractivity contribution < 1.29 is 14.0 Å². The highest BCUT2D eigenvalue weighted by Gasteiger charge is 2.10. The Labute approximate surface area is 141 Å². The zero-order valence-corrected chi connectivity index (χ0v) is 14.0. The Hall–Kier alpha value is -2.69. The van der Waals surface area contributed by atoms with Crippen LogP contribution in [0.1, 0.15) is 35.2 Å². The van der Waals surface area contributed by atoms with E-state index < -0.39 is 0 Å². The minimum Gasteiger partial charge on any atom is -0.386 e. The van der Waals surface area contributed by atoms with Crippen LogP contribution in [-0.4, -0.2) is 18.7 Å². The third kappa shape index (κ3) is 5.19. The van der Waals surface area contributed by atoms with Gasteiger partial charge in [0.05, 0.1) is 12.3 Å². The summed E-state index contributed by atoms with van der Waals surface area (Å²) in [4.78, 5) is 16.8. The van der Waals surface area contributed by atoms with Crippen molar-refractivity contribution in [2.24, 2.45) is 5.16 Å². The largest absolute Gasteiger partial charge is 0.386 e. The fourth-order valence-corrected chi connectivity index (χ4v) is 2.14.